The van der Waals surface area contributed by atoms with Crippen LogP contribution in [-0.2, 0) is 16.1 Å². The number of rotatable bonds is 7. The van der Waals surface area contributed by atoms with Gasteiger partial charge in [0.05, 0.1) is 13.2 Å². The van der Waals surface area contributed by atoms with E-state index in [2.05, 4.69) is 24.5 Å². The van der Waals surface area contributed by atoms with Crippen LogP contribution in [0.5, 0.6) is 5.75 Å². The Morgan fingerprint density at radius 1 is 1.11 bits per heavy atom. The Labute approximate surface area is 217 Å². The van der Waals surface area contributed by atoms with E-state index in [1.54, 1.807) is 7.11 Å². The van der Waals surface area contributed by atoms with Crippen molar-refractivity contribution >= 4 is 11.8 Å². The first-order chi connectivity index (χ1) is 17.2. The van der Waals surface area contributed by atoms with E-state index in [1.807, 2.05) is 31.2 Å². The van der Waals surface area contributed by atoms with Gasteiger partial charge in [-0.15, -0.1) is 0 Å². The average Bonchev–Trinajstić information content (AvgIpc) is 2.89. The number of methoxy groups -OCH3 is 1. The zero-order valence-corrected chi connectivity index (χ0v) is 22.6. The smallest absolute Gasteiger partial charge is 0.223 e. The molecule has 3 N–H and O–H groups in total. The zero-order valence-electron chi connectivity index (χ0n) is 22.6. The number of para-hydroxylation sites is 1. The van der Waals surface area contributed by atoms with E-state index in [0.717, 1.165) is 62.7 Å². The molecule has 7 atom stereocenters. The number of benzene rings is 1. The summed E-state index contributed by atoms with van der Waals surface area (Å²) in [5.41, 5.74) is 0.990. The summed E-state index contributed by atoms with van der Waals surface area (Å²) in [6.07, 6.45) is 8.82. The zero-order chi connectivity index (χ0) is 25.9. The minimum absolute atomic E-state index is 0.0285. The van der Waals surface area contributed by atoms with Crippen molar-refractivity contribution in [3.63, 3.8) is 0 Å². The molecule has 1 aromatic rings. The molecule has 6 nitrogen and oxygen atoms in total. The van der Waals surface area contributed by atoms with Crippen LogP contribution in [0.3, 0.4) is 0 Å². The minimum Gasteiger partial charge on any atom is -0.496 e. The summed E-state index contributed by atoms with van der Waals surface area (Å²) in [4.78, 5) is 26.1. The van der Waals surface area contributed by atoms with E-state index in [-0.39, 0.29) is 52.9 Å². The molecule has 0 aromatic heterocycles. The van der Waals surface area contributed by atoms with Crippen LogP contribution in [0.4, 0.5) is 0 Å². The van der Waals surface area contributed by atoms with Crippen molar-refractivity contribution < 1.29 is 19.4 Å². The maximum absolute atomic E-state index is 13.1. The van der Waals surface area contributed by atoms with Gasteiger partial charge in [0.2, 0.25) is 11.8 Å². The topological polar surface area (TPSA) is 87.7 Å². The van der Waals surface area contributed by atoms with Crippen LogP contribution in [0.25, 0.3) is 0 Å². The van der Waals surface area contributed by atoms with Crippen LogP contribution in [0.2, 0.25) is 0 Å². The molecule has 200 valence electrons. The van der Waals surface area contributed by atoms with Crippen LogP contribution in [0.1, 0.15) is 84.1 Å². The second-order valence-corrected chi connectivity index (χ2v) is 12.0. The van der Waals surface area contributed by atoms with Gasteiger partial charge in [-0.3, -0.25) is 9.59 Å². The van der Waals surface area contributed by atoms with E-state index >= 15 is 0 Å². The van der Waals surface area contributed by atoms with Gasteiger partial charge < -0.3 is 20.5 Å². The lowest BCUT2D eigenvalue weighted by Crippen LogP contribution is -2.59. The molecule has 36 heavy (non-hydrogen) atoms. The van der Waals surface area contributed by atoms with Gasteiger partial charge in [-0.1, -0.05) is 58.2 Å². The summed E-state index contributed by atoms with van der Waals surface area (Å²) in [5.74, 6) is 0.968. The second-order valence-electron chi connectivity index (χ2n) is 12.0. The van der Waals surface area contributed by atoms with Gasteiger partial charge in [-0.25, -0.2) is 0 Å². The number of ether oxygens (including phenoxy) is 1. The van der Waals surface area contributed by atoms with Gasteiger partial charge >= 0.3 is 0 Å². The molecule has 4 rings (SSSR count). The summed E-state index contributed by atoms with van der Waals surface area (Å²) < 4.78 is 5.41. The third-order valence-corrected chi connectivity index (χ3v) is 9.89. The number of carbonyl (C=O) groups is 2. The first-order valence-corrected chi connectivity index (χ1v) is 14.1. The van der Waals surface area contributed by atoms with Crippen LogP contribution in [-0.4, -0.2) is 36.2 Å². The molecule has 0 radical (unpaired) electrons. The largest absolute Gasteiger partial charge is 0.496 e. The van der Waals surface area contributed by atoms with Crippen molar-refractivity contribution in [3.8, 4) is 5.75 Å². The molecule has 2 amide bonds. The molecule has 0 bridgehead atoms. The molecule has 0 spiro atoms. The van der Waals surface area contributed by atoms with E-state index in [9.17, 15) is 14.7 Å². The molecule has 1 aromatic carbocycles. The molecule has 6 heteroatoms. The van der Waals surface area contributed by atoms with Gasteiger partial charge in [-0.2, -0.15) is 0 Å². The number of amides is 2. The van der Waals surface area contributed by atoms with Crippen LogP contribution >= 0.6 is 0 Å². The summed E-state index contributed by atoms with van der Waals surface area (Å²) in [6.45, 7) is 6.86. The Morgan fingerprint density at radius 3 is 2.53 bits per heavy atom. The Balaban J connectivity index is 1.39. The predicted molar refractivity (Wildman–Crippen MR) is 141 cm³/mol. The number of aliphatic hydroxyl groups is 1. The number of fused-ring (bicyclic) bond motifs is 1. The lowest BCUT2D eigenvalue weighted by molar-refractivity contribution is -0.144. The standard InChI is InChI=1S/C30H46N2O4/c1-19(28(34)31-18-22-12-8-9-13-25(22)36-4)23-14-16-30(3)17-15-24(20(2)26(30)27(23)33)32-29(35)21-10-6-5-7-11-21/h8-9,12-13,19-21,23-24,26-27,33H,5-7,10-11,14-18H2,1-4H3,(H,31,34)(H,32,35)/t19-,20+,23+,24-,26+,27-,30-/m0/s1. The second kappa shape index (κ2) is 11.5. The fourth-order valence-electron chi connectivity index (χ4n) is 7.55. The molecule has 0 unspecified atom stereocenters. The van der Waals surface area contributed by atoms with Crippen molar-refractivity contribution in [1.82, 2.24) is 10.6 Å². The number of aliphatic hydroxyl groups excluding tert-OH is 1. The van der Waals surface area contributed by atoms with E-state index in [0.29, 0.717) is 6.54 Å². The van der Waals surface area contributed by atoms with Crippen molar-refractivity contribution in [1.29, 1.82) is 0 Å². The fraction of sp³-hybridized carbons (Fsp3) is 0.733. The fourth-order valence-corrected chi connectivity index (χ4v) is 7.55. The average molecular weight is 499 g/mol. The number of hydrogen-bond acceptors (Lipinski definition) is 4. The van der Waals surface area contributed by atoms with Crippen LogP contribution < -0.4 is 15.4 Å². The number of carbonyl (C=O) groups excluding carboxylic acids is 2. The Kier molecular flexibility index (Phi) is 8.64. The summed E-state index contributed by atoms with van der Waals surface area (Å²) in [7, 11) is 1.63. The molecular formula is C30H46N2O4. The first-order valence-electron chi connectivity index (χ1n) is 14.1. The van der Waals surface area contributed by atoms with E-state index in [4.69, 9.17) is 4.74 Å². The predicted octanol–water partition coefficient (Wildman–Crippen LogP) is 4.84. The molecule has 3 aliphatic carbocycles. The van der Waals surface area contributed by atoms with Crippen molar-refractivity contribution in [2.45, 2.75) is 97.2 Å². The molecule has 3 fully saturated rings. The summed E-state index contributed by atoms with van der Waals surface area (Å²) >= 11 is 0. The minimum atomic E-state index is -0.555. The van der Waals surface area contributed by atoms with Crippen molar-refractivity contribution in [2.75, 3.05) is 7.11 Å². The Morgan fingerprint density at radius 2 is 1.81 bits per heavy atom. The maximum atomic E-state index is 13.1. The van der Waals surface area contributed by atoms with Gasteiger partial charge in [0.15, 0.2) is 0 Å². The molecule has 3 aliphatic rings. The highest BCUT2D eigenvalue weighted by Crippen LogP contribution is 2.55. The lowest BCUT2D eigenvalue weighted by atomic mass is 9.51. The van der Waals surface area contributed by atoms with Gasteiger partial charge in [-0.05, 0) is 67.8 Å². The first kappa shape index (κ1) is 27.0. The third-order valence-electron chi connectivity index (χ3n) is 9.89. The Bertz CT molecular complexity index is 914. The van der Waals surface area contributed by atoms with Gasteiger partial charge in [0.1, 0.15) is 5.75 Å². The highest BCUT2D eigenvalue weighted by atomic mass is 16.5. The van der Waals surface area contributed by atoms with Crippen LogP contribution in [0, 0.1) is 35.0 Å². The normalized spacial score (nSPS) is 33.8. The SMILES string of the molecule is COc1ccccc1CNC(=O)[C@@H](C)[C@H]1CC[C@@]2(C)CC[C@H](NC(=O)C3CCCCC3)[C@@H](C)[C@@H]2[C@H]1O. The van der Waals surface area contributed by atoms with E-state index < -0.39 is 6.10 Å². The lowest BCUT2D eigenvalue weighted by Gasteiger charge is -2.56. The molecule has 0 heterocycles. The monoisotopic (exact) mass is 498 g/mol. The van der Waals surface area contributed by atoms with Gasteiger partial charge in [0.25, 0.3) is 0 Å². The highest BCUT2D eigenvalue weighted by molar-refractivity contribution is 5.79. The highest BCUT2D eigenvalue weighted by Gasteiger charge is 2.54. The Hall–Kier alpha value is -2.08. The molecular weight excluding hydrogens is 452 g/mol. The van der Waals surface area contributed by atoms with Crippen LogP contribution in [0.15, 0.2) is 24.3 Å². The quantitative estimate of drug-likeness (QED) is 0.502. The van der Waals surface area contributed by atoms with Gasteiger partial charge in [0, 0.05) is 30.0 Å². The molecule has 0 aliphatic heterocycles. The summed E-state index contributed by atoms with van der Waals surface area (Å²) in [5, 5.41) is 18.1. The maximum Gasteiger partial charge on any atom is 0.223 e. The third kappa shape index (κ3) is 5.58. The number of hydrogen-bond donors (Lipinski definition) is 3. The summed E-state index contributed by atoms with van der Waals surface area (Å²) in [6, 6.07) is 7.80. The van der Waals surface area contributed by atoms with Crippen molar-refractivity contribution in [3.05, 3.63) is 29.8 Å². The van der Waals surface area contributed by atoms with Crippen molar-refractivity contribution in [2.24, 2.45) is 35.0 Å². The van der Waals surface area contributed by atoms with E-state index in [1.165, 1.54) is 6.42 Å². The molecule has 3 saturated carbocycles. The number of nitrogens with one attached hydrogen (secondary N) is 2. The molecule has 0 saturated heterocycles.